The fraction of sp³-hybridized carbons (Fsp3) is 0.250. The largest absolute Gasteiger partial charge is 0.478 e. The Bertz CT molecular complexity index is 844. The summed E-state index contributed by atoms with van der Waals surface area (Å²) in [4.78, 5) is 27.3. The van der Waals surface area contributed by atoms with E-state index in [1.807, 2.05) is 45.0 Å². The number of hydrogen-bond acceptors (Lipinski definition) is 3. The Kier molecular flexibility index (Phi) is 5.77. The molecule has 26 heavy (non-hydrogen) atoms. The SMILES string of the molecule is C=C(C)c1cccc(C(C)(C)NC(=O)NCc2cc(C(=O)O)ccn2)c1. The molecule has 2 aromatic rings. The van der Waals surface area contributed by atoms with Gasteiger partial charge in [0, 0.05) is 6.20 Å². The third-order valence-corrected chi connectivity index (χ3v) is 4.00. The van der Waals surface area contributed by atoms with E-state index in [4.69, 9.17) is 5.11 Å². The summed E-state index contributed by atoms with van der Waals surface area (Å²) in [5.41, 5.74) is 2.95. The standard InChI is InChI=1S/C20H23N3O3/c1-13(2)14-6-5-7-16(10-14)20(3,4)23-19(26)22-12-17-11-15(18(24)25)8-9-21-17/h5-11H,1,12H2,2-4H3,(H,24,25)(H2,22,23,26). The highest BCUT2D eigenvalue weighted by Gasteiger charge is 2.23. The van der Waals surface area contributed by atoms with E-state index < -0.39 is 11.5 Å². The minimum Gasteiger partial charge on any atom is -0.478 e. The van der Waals surface area contributed by atoms with Gasteiger partial charge in [-0.05, 0) is 50.1 Å². The number of carboxylic acids is 1. The number of urea groups is 1. The fourth-order valence-electron chi connectivity index (χ4n) is 2.45. The summed E-state index contributed by atoms with van der Waals surface area (Å²) in [6.45, 7) is 9.83. The predicted octanol–water partition coefficient (Wildman–Crippen LogP) is 3.55. The molecule has 3 N–H and O–H groups in total. The van der Waals surface area contributed by atoms with E-state index in [1.165, 1.54) is 18.3 Å². The van der Waals surface area contributed by atoms with Crippen LogP contribution in [0.4, 0.5) is 4.79 Å². The number of aromatic carboxylic acids is 1. The number of carbonyl (C=O) groups excluding carboxylic acids is 1. The van der Waals surface area contributed by atoms with Crippen LogP contribution in [0.15, 0.2) is 49.2 Å². The molecule has 6 nitrogen and oxygen atoms in total. The van der Waals surface area contributed by atoms with Crippen molar-refractivity contribution in [3.05, 3.63) is 71.6 Å². The topological polar surface area (TPSA) is 91.3 Å². The van der Waals surface area contributed by atoms with Crippen molar-refractivity contribution >= 4 is 17.6 Å². The van der Waals surface area contributed by atoms with Crippen LogP contribution < -0.4 is 10.6 Å². The maximum atomic E-state index is 12.3. The first kappa shape index (κ1) is 19.2. The van der Waals surface area contributed by atoms with Gasteiger partial charge in [0.1, 0.15) is 0 Å². The van der Waals surface area contributed by atoms with Gasteiger partial charge in [0.25, 0.3) is 0 Å². The van der Waals surface area contributed by atoms with Gasteiger partial charge >= 0.3 is 12.0 Å². The molecule has 1 aromatic heterocycles. The number of amides is 2. The number of carbonyl (C=O) groups is 2. The second-order valence-electron chi connectivity index (χ2n) is 6.63. The molecule has 2 amide bonds. The van der Waals surface area contributed by atoms with Gasteiger partial charge in [-0.15, -0.1) is 0 Å². The summed E-state index contributed by atoms with van der Waals surface area (Å²) >= 11 is 0. The summed E-state index contributed by atoms with van der Waals surface area (Å²) in [5, 5.41) is 14.6. The predicted molar refractivity (Wildman–Crippen MR) is 101 cm³/mol. The molecule has 0 radical (unpaired) electrons. The Morgan fingerprint density at radius 1 is 1.19 bits per heavy atom. The molecule has 0 atom stereocenters. The normalized spacial score (nSPS) is 10.9. The van der Waals surface area contributed by atoms with Crippen LogP contribution in [0.3, 0.4) is 0 Å². The Hall–Kier alpha value is -3.15. The van der Waals surface area contributed by atoms with Gasteiger partial charge in [0.05, 0.1) is 23.3 Å². The molecule has 0 aliphatic heterocycles. The van der Waals surface area contributed by atoms with Crippen molar-refractivity contribution in [2.24, 2.45) is 0 Å². The van der Waals surface area contributed by atoms with E-state index >= 15 is 0 Å². The number of pyridine rings is 1. The van der Waals surface area contributed by atoms with E-state index in [1.54, 1.807) is 0 Å². The van der Waals surface area contributed by atoms with E-state index in [-0.39, 0.29) is 18.1 Å². The third-order valence-electron chi connectivity index (χ3n) is 4.00. The van der Waals surface area contributed by atoms with E-state index in [2.05, 4.69) is 22.2 Å². The lowest BCUT2D eigenvalue weighted by Crippen LogP contribution is -2.46. The molecule has 0 unspecified atom stereocenters. The third kappa shape index (κ3) is 4.92. The molecular formula is C20H23N3O3. The highest BCUT2D eigenvalue weighted by atomic mass is 16.4. The number of carboxylic acid groups (broad SMARTS) is 1. The molecule has 2 rings (SSSR count). The van der Waals surface area contributed by atoms with Crippen molar-refractivity contribution < 1.29 is 14.7 Å². The lowest BCUT2D eigenvalue weighted by Gasteiger charge is -2.27. The molecule has 0 saturated heterocycles. The summed E-state index contributed by atoms with van der Waals surface area (Å²) in [6.07, 6.45) is 1.41. The van der Waals surface area contributed by atoms with Crippen molar-refractivity contribution in [2.45, 2.75) is 32.9 Å². The van der Waals surface area contributed by atoms with Crippen molar-refractivity contribution in [3.63, 3.8) is 0 Å². The van der Waals surface area contributed by atoms with Crippen molar-refractivity contribution in [3.8, 4) is 0 Å². The van der Waals surface area contributed by atoms with Crippen LogP contribution in [0.25, 0.3) is 5.57 Å². The molecule has 0 spiro atoms. The van der Waals surface area contributed by atoms with Crippen molar-refractivity contribution in [1.29, 1.82) is 0 Å². The second-order valence-corrected chi connectivity index (χ2v) is 6.63. The van der Waals surface area contributed by atoms with Crippen LogP contribution in [0, 0.1) is 0 Å². The van der Waals surface area contributed by atoms with E-state index in [9.17, 15) is 9.59 Å². The number of aromatic nitrogens is 1. The smallest absolute Gasteiger partial charge is 0.335 e. The molecular weight excluding hydrogens is 330 g/mol. The lowest BCUT2D eigenvalue weighted by molar-refractivity contribution is 0.0696. The van der Waals surface area contributed by atoms with Crippen LogP contribution in [0.5, 0.6) is 0 Å². The summed E-state index contributed by atoms with van der Waals surface area (Å²) in [7, 11) is 0. The first-order chi connectivity index (χ1) is 12.2. The van der Waals surface area contributed by atoms with Crippen LogP contribution in [0.1, 0.15) is 48.0 Å². The zero-order chi connectivity index (χ0) is 19.3. The number of hydrogen-bond donors (Lipinski definition) is 3. The molecule has 1 aromatic carbocycles. The average molecular weight is 353 g/mol. The molecule has 0 fully saturated rings. The summed E-state index contributed by atoms with van der Waals surface area (Å²) in [6, 6.07) is 10.3. The molecule has 0 aliphatic rings. The highest BCUT2D eigenvalue weighted by Crippen LogP contribution is 2.23. The minimum absolute atomic E-state index is 0.133. The number of allylic oxidation sites excluding steroid dienone is 1. The van der Waals surface area contributed by atoms with Gasteiger partial charge in [0.2, 0.25) is 0 Å². The van der Waals surface area contributed by atoms with Crippen molar-refractivity contribution in [2.75, 3.05) is 0 Å². The van der Waals surface area contributed by atoms with Crippen LogP contribution in [0.2, 0.25) is 0 Å². The zero-order valence-corrected chi connectivity index (χ0v) is 15.2. The van der Waals surface area contributed by atoms with Gasteiger partial charge < -0.3 is 15.7 Å². The Morgan fingerprint density at radius 3 is 2.58 bits per heavy atom. The minimum atomic E-state index is -1.03. The molecule has 6 heteroatoms. The van der Waals surface area contributed by atoms with Gasteiger partial charge in [-0.1, -0.05) is 30.4 Å². The first-order valence-corrected chi connectivity index (χ1v) is 8.20. The van der Waals surface area contributed by atoms with Gasteiger partial charge in [0.15, 0.2) is 0 Å². The molecule has 0 saturated carbocycles. The quantitative estimate of drug-likeness (QED) is 0.741. The molecule has 1 heterocycles. The highest BCUT2D eigenvalue weighted by molar-refractivity contribution is 5.87. The number of nitrogens with zero attached hydrogens (tertiary/aromatic N) is 1. The van der Waals surface area contributed by atoms with E-state index in [0.29, 0.717) is 5.69 Å². The van der Waals surface area contributed by atoms with Crippen LogP contribution >= 0.6 is 0 Å². The molecule has 0 bridgehead atoms. The first-order valence-electron chi connectivity index (χ1n) is 8.20. The zero-order valence-electron chi connectivity index (χ0n) is 15.2. The molecule has 136 valence electrons. The van der Waals surface area contributed by atoms with Crippen molar-refractivity contribution in [1.82, 2.24) is 15.6 Å². The lowest BCUT2D eigenvalue weighted by atomic mass is 9.92. The summed E-state index contributed by atoms with van der Waals surface area (Å²) < 4.78 is 0. The Balaban J connectivity index is 2.02. The fourth-order valence-corrected chi connectivity index (χ4v) is 2.45. The maximum absolute atomic E-state index is 12.3. The molecule has 0 aliphatic carbocycles. The van der Waals surface area contributed by atoms with E-state index in [0.717, 1.165) is 16.7 Å². The number of rotatable bonds is 6. The second kappa shape index (κ2) is 7.82. The maximum Gasteiger partial charge on any atom is 0.335 e. The van der Waals surface area contributed by atoms with Crippen LogP contribution in [-0.4, -0.2) is 22.1 Å². The summed E-state index contributed by atoms with van der Waals surface area (Å²) in [5.74, 6) is -1.03. The number of nitrogens with one attached hydrogen (secondary N) is 2. The Morgan fingerprint density at radius 2 is 1.92 bits per heavy atom. The monoisotopic (exact) mass is 353 g/mol. The number of benzene rings is 1. The van der Waals surface area contributed by atoms with Crippen LogP contribution in [-0.2, 0) is 12.1 Å². The average Bonchev–Trinajstić information content (AvgIpc) is 2.60. The Labute approximate surface area is 153 Å². The van der Waals surface area contributed by atoms with Gasteiger partial charge in [-0.3, -0.25) is 4.98 Å². The van der Waals surface area contributed by atoms with Gasteiger partial charge in [-0.2, -0.15) is 0 Å². The van der Waals surface area contributed by atoms with Gasteiger partial charge in [-0.25, -0.2) is 9.59 Å².